The minimum absolute atomic E-state index is 0.0950. The molecule has 1 aromatic rings. The SMILES string of the molecule is CC1OCCC1CNS(=O)(=O)c1ccc(N)cc1Br. The van der Waals surface area contributed by atoms with Crippen LogP contribution in [0.1, 0.15) is 13.3 Å². The van der Waals surface area contributed by atoms with E-state index in [1.54, 1.807) is 12.1 Å². The zero-order valence-corrected chi connectivity index (χ0v) is 13.0. The van der Waals surface area contributed by atoms with Crippen molar-refractivity contribution in [3.63, 3.8) is 0 Å². The van der Waals surface area contributed by atoms with E-state index < -0.39 is 10.0 Å². The van der Waals surface area contributed by atoms with Crippen LogP contribution in [-0.4, -0.2) is 27.7 Å². The Morgan fingerprint density at radius 1 is 1.53 bits per heavy atom. The van der Waals surface area contributed by atoms with E-state index in [1.165, 1.54) is 6.07 Å². The molecule has 3 N–H and O–H groups in total. The number of rotatable bonds is 4. The van der Waals surface area contributed by atoms with Crippen LogP contribution >= 0.6 is 15.9 Å². The van der Waals surface area contributed by atoms with E-state index in [1.807, 2.05) is 6.92 Å². The predicted octanol–water partition coefficient (Wildman–Crippen LogP) is 1.73. The van der Waals surface area contributed by atoms with Gasteiger partial charge in [-0.2, -0.15) is 0 Å². The van der Waals surface area contributed by atoms with Gasteiger partial charge in [0.2, 0.25) is 10.0 Å². The average Bonchev–Trinajstić information content (AvgIpc) is 2.72. The van der Waals surface area contributed by atoms with Crippen LogP contribution in [0.4, 0.5) is 5.69 Å². The maximum atomic E-state index is 12.2. The molecule has 1 aromatic carbocycles. The van der Waals surface area contributed by atoms with E-state index >= 15 is 0 Å². The van der Waals surface area contributed by atoms with Crippen molar-refractivity contribution in [1.29, 1.82) is 0 Å². The third-order valence-electron chi connectivity index (χ3n) is 3.31. The highest BCUT2D eigenvalue weighted by molar-refractivity contribution is 9.10. The van der Waals surface area contributed by atoms with Gasteiger partial charge < -0.3 is 10.5 Å². The topological polar surface area (TPSA) is 81.4 Å². The first-order valence-corrected chi connectivity index (χ1v) is 8.34. The summed E-state index contributed by atoms with van der Waals surface area (Å²) in [4.78, 5) is 0.202. The maximum Gasteiger partial charge on any atom is 0.241 e. The van der Waals surface area contributed by atoms with Gasteiger partial charge in [-0.25, -0.2) is 13.1 Å². The van der Waals surface area contributed by atoms with Gasteiger partial charge in [-0.1, -0.05) is 0 Å². The first-order chi connectivity index (χ1) is 8.90. The summed E-state index contributed by atoms with van der Waals surface area (Å²) in [5.74, 6) is 0.224. The first-order valence-electron chi connectivity index (χ1n) is 6.06. The molecule has 106 valence electrons. The molecule has 0 aliphatic carbocycles. The molecule has 7 heteroatoms. The predicted molar refractivity (Wildman–Crippen MR) is 77.3 cm³/mol. The number of nitrogens with one attached hydrogen (secondary N) is 1. The van der Waals surface area contributed by atoms with Crippen molar-refractivity contribution >= 4 is 31.6 Å². The van der Waals surface area contributed by atoms with Crippen LogP contribution in [0.25, 0.3) is 0 Å². The minimum Gasteiger partial charge on any atom is -0.399 e. The molecule has 0 radical (unpaired) electrons. The van der Waals surface area contributed by atoms with Crippen molar-refractivity contribution in [2.24, 2.45) is 5.92 Å². The van der Waals surface area contributed by atoms with E-state index in [9.17, 15) is 8.42 Å². The molecule has 0 saturated carbocycles. The van der Waals surface area contributed by atoms with Crippen molar-refractivity contribution in [3.8, 4) is 0 Å². The fourth-order valence-corrected chi connectivity index (χ4v) is 4.26. The third kappa shape index (κ3) is 3.47. The Hall–Kier alpha value is -0.630. The van der Waals surface area contributed by atoms with Crippen LogP contribution in [0.3, 0.4) is 0 Å². The number of ether oxygens (including phenoxy) is 1. The first kappa shape index (κ1) is 14.8. The van der Waals surface area contributed by atoms with E-state index in [2.05, 4.69) is 20.7 Å². The Balaban J connectivity index is 2.09. The van der Waals surface area contributed by atoms with Gasteiger partial charge in [0, 0.05) is 29.2 Å². The summed E-state index contributed by atoms with van der Waals surface area (Å²) in [6, 6.07) is 4.65. The largest absolute Gasteiger partial charge is 0.399 e. The van der Waals surface area contributed by atoms with Gasteiger partial charge >= 0.3 is 0 Å². The van der Waals surface area contributed by atoms with Crippen molar-refractivity contribution in [3.05, 3.63) is 22.7 Å². The van der Waals surface area contributed by atoms with Crippen LogP contribution in [0, 0.1) is 5.92 Å². The van der Waals surface area contributed by atoms with Gasteiger partial charge in [-0.05, 0) is 47.5 Å². The molecule has 0 bridgehead atoms. The Bertz CT molecular complexity index is 562. The fourth-order valence-electron chi connectivity index (χ4n) is 2.07. The maximum absolute atomic E-state index is 12.2. The highest BCUT2D eigenvalue weighted by Gasteiger charge is 2.26. The van der Waals surface area contributed by atoms with Crippen LogP contribution in [0.15, 0.2) is 27.6 Å². The molecule has 1 aliphatic rings. The van der Waals surface area contributed by atoms with Crippen LogP contribution < -0.4 is 10.5 Å². The zero-order valence-electron chi connectivity index (χ0n) is 10.6. The lowest BCUT2D eigenvalue weighted by Gasteiger charge is -2.15. The summed E-state index contributed by atoms with van der Waals surface area (Å²) in [7, 11) is -3.53. The van der Waals surface area contributed by atoms with E-state index in [-0.39, 0.29) is 16.9 Å². The van der Waals surface area contributed by atoms with Crippen molar-refractivity contribution in [2.45, 2.75) is 24.3 Å². The average molecular weight is 349 g/mol. The fraction of sp³-hybridized carbons (Fsp3) is 0.500. The lowest BCUT2D eigenvalue weighted by atomic mass is 10.0. The van der Waals surface area contributed by atoms with Gasteiger partial charge in [0.05, 0.1) is 11.0 Å². The summed E-state index contributed by atoms with van der Waals surface area (Å²) < 4.78 is 32.9. The van der Waals surface area contributed by atoms with Gasteiger partial charge in [-0.3, -0.25) is 0 Å². The quantitative estimate of drug-likeness (QED) is 0.812. The molecule has 1 heterocycles. The molecule has 1 aliphatic heterocycles. The number of hydrogen-bond acceptors (Lipinski definition) is 4. The normalized spacial score (nSPS) is 23.7. The van der Waals surface area contributed by atoms with Crippen LogP contribution in [0.5, 0.6) is 0 Å². The van der Waals surface area contributed by atoms with Gasteiger partial charge in [0.25, 0.3) is 0 Å². The van der Waals surface area contributed by atoms with Crippen molar-refractivity contribution in [1.82, 2.24) is 4.72 Å². The van der Waals surface area contributed by atoms with E-state index in [0.717, 1.165) is 6.42 Å². The standard InChI is InChI=1S/C12H17BrN2O3S/c1-8-9(4-5-18-8)7-15-19(16,17)12-3-2-10(14)6-11(12)13/h2-3,6,8-9,15H,4-5,7,14H2,1H3. The monoisotopic (exact) mass is 348 g/mol. The number of anilines is 1. The van der Waals surface area contributed by atoms with Gasteiger partial charge in [0.1, 0.15) is 0 Å². The highest BCUT2D eigenvalue weighted by atomic mass is 79.9. The number of halogens is 1. The zero-order chi connectivity index (χ0) is 14.0. The van der Waals surface area contributed by atoms with E-state index in [4.69, 9.17) is 10.5 Å². The third-order valence-corrected chi connectivity index (χ3v) is 5.71. The summed E-state index contributed by atoms with van der Waals surface area (Å²) in [6.45, 7) is 3.05. The molecule has 5 nitrogen and oxygen atoms in total. The molecule has 0 amide bonds. The highest BCUT2D eigenvalue weighted by Crippen LogP contribution is 2.25. The molecule has 2 unspecified atom stereocenters. The summed E-state index contributed by atoms with van der Waals surface area (Å²) in [5, 5.41) is 0. The van der Waals surface area contributed by atoms with Crippen molar-refractivity contribution in [2.75, 3.05) is 18.9 Å². The smallest absolute Gasteiger partial charge is 0.241 e. The van der Waals surface area contributed by atoms with Gasteiger partial charge in [-0.15, -0.1) is 0 Å². The number of nitrogen functional groups attached to an aromatic ring is 1. The number of nitrogens with two attached hydrogens (primary N) is 1. The molecule has 1 saturated heterocycles. The van der Waals surface area contributed by atoms with Crippen LogP contribution in [-0.2, 0) is 14.8 Å². The second-order valence-electron chi connectivity index (χ2n) is 4.67. The molecule has 0 aromatic heterocycles. The number of hydrogen-bond donors (Lipinski definition) is 2. The summed E-state index contributed by atoms with van der Waals surface area (Å²) >= 11 is 3.22. The second-order valence-corrected chi connectivity index (χ2v) is 7.26. The molecule has 2 atom stereocenters. The van der Waals surface area contributed by atoms with Gasteiger partial charge in [0.15, 0.2) is 0 Å². The summed E-state index contributed by atoms with van der Waals surface area (Å²) in [6.07, 6.45) is 0.977. The molecule has 1 fully saturated rings. The number of benzene rings is 1. The molecule has 2 rings (SSSR count). The molecular formula is C12H17BrN2O3S. The second kappa shape index (κ2) is 5.78. The number of sulfonamides is 1. The Morgan fingerprint density at radius 3 is 2.84 bits per heavy atom. The Kier molecular flexibility index (Phi) is 4.50. The Labute approximate surface area is 121 Å². The lowest BCUT2D eigenvalue weighted by Crippen LogP contribution is -2.32. The van der Waals surface area contributed by atoms with Crippen LogP contribution in [0.2, 0.25) is 0 Å². The molecule has 0 spiro atoms. The molecule has 19 heavy (non-hydrogen) atoms. The lowest BCUT2D eigenvalue weighted by molar-refractivity contribution is 0.107. The van der Waals surface area contributed by atoms with Crippen molar-refractivity contribution < 1.29 is 13.2 Å². The van der Waals surface area contributed by atoms with E-state index in [0.29, 0.717) is 23.3 Å². The Morgan fingerprint density at radius 2 is 2.26 bits per heavy atom. The minimum atomic E-state index is -3.53. The molecular weight excluding hydrogens is 332 g/mol. The summed E-state index contributed by atoms with van der Waals surface area (Å²) in [5.41, 5.74) is 6.12.